The minimum atomic E-state index is -2.83. The fourth-order valence-electron chi connectivity index (χ4n) is 0.800. The second-order valence-corrected chi connectivity index (χ2v) is 13.2. The molecule has 1 unspecified atom stereocenters. The first-order valence-corrected chi connectivity index (χ1v) is 9.59. The van der Waals surface area contributed by atoms with Gasteiger partial charge < -0.3 is 5.11 Å². The van der Waals surface area contributed by atoms with Crippen LogP contribution in [0.2, 0.25) is 0 Å². The lowest BCUT2D eigenvalue weighted by Crippen LogP contribution is -2.24. The number of halogens is 3. The Hall–Kier alpha value is 1.76. The van der Waals surface area contributed by atoms with Gasteiger partial charge >= 0.3 is 0 Å². The first-order chi connectivity index (χ1) is 5.86. The Bertz CT molecular complexity index is 222. The van der Waals surface area contributed by atoms with E-state index in [1.807, 2.05) is 0 Å². The number of alkyl halides is 3. The van der Waals surface area contributed by atoms with Crippen molar-refractivity contribution in [3.8, 4) is 0 Å². The Balaban J connectivity index is 2.73. The van der Waals surface area contributed by atoms with Gasteiger partial charge in [-0.3, -0.25) is 4.57 Å². The first kappa shape index (κ1) is 12.8. The van der Waals surface area contributed by atoms with Crippen molar-refractivity contribution in [1.29, 1.82) is 0 Å². The zero-order valence-corrected chi connectivity index (χ0v) is 11.2. The van der Waals surface area contributed by atoms with Crippen LogP contribution >= 0.6 is 63.1 Å². The molecule has 1 heterocycles. The lowest BCUT2D eigenvalue weighted by Gasteiger charge is -2.29. The van der Waals surface area contributed by atoms with E-state index < -0.39 is 15.2 Å². The maximum Gasteiger partial charge on any atom is 0.224 e. The molecule has 0 aliphatic carbocycles. The molecule has 0 spiro atoms. The van der Waals surface area contributed by atoms with Crippen molar-refractivity contribution in [2.45, 2.75) is 16.1 Å². The summed E-state index contributed by atoms with van der Waals surface area (Å²) in [5.41, 5.74) is -2.83. The molecule has 2 nitrogen and oxygen atoms in total. The molecule has 0 bridgehead atoms. The Morgan fingerprint density at radius 1 is 1.31 bits per heavy atom. The topological polar surface area (TPSA) is 37.3 Å². The largest absolute Gasteiger partial charge is 0.379 e. The fourth-order valence-corrected chi connectivity index (χ4v) is 11.4. The van der Waals surface area contributed by atoms with Crippen LogP contribution in [0.1, 0.15) is 6.42 Å². The molecule has 8 heteroatoms. The third-order valence-corrected chi connectivity index (χ3v) is 11.5. The molecule has 13 heavy (non-hydrogen) atoms. The van der Waals surface area contributed by atoms with Gasteiger partial charge in [-0.1, -0.05) is 57.6 Å². The van der Waals surface area contributed by atoms with E-state index in [2.05, 4.69) is 0 Å². The van der Waals surface area contributed by atoms with Gasteiger partial charge in [0.15, 0.2) is 5.85 Å². The molecule has 78 valence electrons. The van der Waals surface area contributed by atoms with Gasteiger partial charge in [-0.25, -0.2) is 0 Å². The highest BCUT2D eigenvalue weighted by Crippen LogP contribution is 2.76. The summed E-state index contributed by atoms with van der Waals surface area (Å²) in [5.74, 6) is 0.129. The summed E-state index contributed by atoms with van der Waals surface area (Å²) in [6.45, 7) is 0. The van der Waals surface area contributed by atoms with E-state index in [9.17, 15) is 9.67 Å². The molecule has 1 atom stereocenters. The maximum absolute atomic E-state index is 12.0. The van der Waals surface area contributed by atoms with E-state index in [1.165, 1.54) is 22.8 Å². The van der Waals surface area contributed by atoms with E-state index in [0.29, 0.717) is 0 Å². The molecular weight excluding hydrogens is 294 g/mol. The Morgan fingerprint density at radius 3 is 2.15 bits per heavy atom. The van der Waals surface area contributed by atoms with E-state index in [4.69, 9.17) is 34.8 Å². The third kappa shape index (κ3) is 3.37. The molecule has 1 saturated heterocycles. The van der Waals surface area contributed by atoms with E-state index in [1.54, 1.807) is 0 Å². The second kappa shape index (κ2) is 4.73. The molecule has 0 amide bonds. The van der Waals surface area contributed by atoms with E-state index in [-0.39, 0.29) is 0 Å². The molecule has 1 aliphatic rings. The molecular formula is C5H8Cl3O2PS2. The normalized spacial score (nSPS) is 25.5. The van der Waals surface area contributed by atoms with Crippen molar-refractivity contribution in [3.63, 3.8) is 0 Å². The van der Waals surface area contributed by atoms with Crippen molar-refractivity contribution in [1.82, 2.24) is 0 Å². The molecule has 1 rings (SSSR count). The zero-order valence-electron chi connectivity index (χ0n) is 6.45. The van der Waals surface area contributed by atoms with Crippen molar-refractivity contribution >= 4 is 63.1 Å². The molecule has 1 fully saturated rings. The molecule has 0 radical (unpaired) electrons. The van der Waals surface area contributed by atoms with Crippen LogP contribution in [0.25, 0.3) is 0 Å². The summed E-state index contributed by atoms with van der Waals surface area (Å²) < 4.78 is 10.1. The smallest absolute Gasteiger partial charge is 0.224 e. The van der Waals surface area contributed by atoms with Gasteiger partial charge in [-0.05, 0) is 6.42 Å². The van der Waals surface area contributed by atoms with Crippen molar-refractivity contribution in [3.05, 3.63) is 0 Å². The Morgan fingerprint density at radius 2 is 1.77 bits per heavy atom. The molecule has 1 N–H and O–H groups in total. The van der Waals surface area contributed by atoms with Gasteiger partial charge in [0.25, 0.3) is 0 Å². The van der Waals surface area contributed by atoms with Gasteiger partial charge in [0, 0.05) is 11.5 Å². The highest BCUT2D eigenvalue weighted by molar-refractivity contribution is 8.91. The van der Waals surface area contributed by atoms with Gasteiger partial charge in [-0.2, -0.15) is 0 Å². The highest BCUT2D eigenvalue weighted by atomic mass is 35.6. The van der Waals surface area contributed by atoms with Crippen LogP contribution in [0.3, 0.4) is 0 Å². The summed E-state index contributed by atoms with van der Waals surface area (Å²) in [5, 5.41) is 9.57. The number of aliphatic hydroxyl groups is 1. The summed E-state index contributed by atoms with van der Waals surface area (Å²) in [6.07, 6.45) is 0.978. The third-order valence-electron chi connectivity index (χ3n) is 1.42. The van der Waals surface area contributed by atoms with Crippen LogP contribution in [-0.2, 0) is 4.57 Å². The van der Waals surface area contributed by atoms with Crippen LogP contribution in [0.5, 0.6) is 0 Å². The van der Waals surface area contributed by atoms with Crippen molar-refractivity contribution in [2.75, 3.05) is 11.5 Å². The van der Waals surface area contributed by atoms with E-state index >= 15 is 0 Å². The zero-order chi connectivity index (χ0) is 10.1. The van der Waals surface area contributed by atoms with Crippen LogP contribution in [0.4, 0.5) is 0 Å². The van der Waals surface area contributed by atoms with Gasteiger partial charge in [0.05, 0.1) is 0 Å². The SMILES string of the molecule is O=P1(C(O)C(Cl)(Cl)Cl)SCCCS1. The van der Waals surface area contributed by atoms with Crippen molar-refractivity contribution < 1.29 is 9.67 Å². The second-order valence-electron chi connectivity index (χ2n) is 2.48. The molecule has 0 aromatic carbocycles. The van der Waals surface area contributed by atoms with Gasteiger partial charge in [-0.15, -0.1) is 0 Å². The molecule has 0 saturated carbocycles. The lowest BCUT2D eigenvalue weighted by molar-refractivity contribution is 0.258. The summed E-state index contributed by atoms with van der Waals surface area (Å²) >= 11 is 18.9. The van der Waals surface area contributed by atoms with Crippen molar-refractivity contribution in [2.24, 2.45) is 0 Å². The molecule has 0 aromatic heterocycles. The van der Waals surface area contributed by atoms with Crippen LogP contribution in [0.15, 0.2) is 0 Å². The minimum absolute atomic E-state index is 0.752. The summed E-state index contributed by atoms with van der Waals surface area (Å²) in [4.78, 5) is 0. The minimum Gasteiger partial charge on any atom is -0.379 e. The highest BCUT2D eigenvalue weighted by Gasteiger charge is 2.46. The van der Waals surface area contributed by atoms with E-state index in [0.717, 1.165) is 17.9 Å². The number of aliphatic hydroxyl groups excluding tert-OH is 1. The number of hydrogen-bond acceptors (Lipinski definition) is 4. The van der Waals surface area contributed by atoms with Crippen LogP contribution in [-0.4, -0.2) is 26.2 Å². The quantitative estimate of drug-likeness (QED) is 0.591. The average molecular weight is 302 g/mol. The number of rotatable bonds is 1. The first-order valence-electron chi connectivity index (χ1n) is 3.50. The standard InChI is InChI=1S/C5H8Cl3O2PS2/c6-5(7,8)4(9)11(10)12-2-1-3-13-11/h4,9H,1-3H2. The molecule has 1 aliphatic heterocycles. The lowest BCUT2D eigenvalue weighted by atomic mass is 10.6. The monoisotopic (exact) mass is 300 g/mol. The maximum atomic E-state index is 12.0. The van der Waals surface area contributed by atoms with Gasteiger partial charge in [0.2, 0.25) is 9.34 Å². The summed E-state index contributed by atoms with van der Waals surface area (Å²) in [6, 6.07) is 0. The fraction of sp³-hybridized carbons (Fsp3) is 1.00. The predicted octanol–water partition coefficient (Wildman–Crippen LogP) is 3.74. The number of hydrogen-bond donors (Lipinski definition) is 1. The summed E-state index contributed by atoms with van der Waals surface area (Å²) in [7, 11) is 0. The van der Waals surface area contributed by atoms with Crippen LogP contribution < -0.4 is 0 Å². The molecule has 0 aromatic rings. The van der Waals surface area contributed by atoms with Crippen LogP contribution in [0, 0.1) is 0 Å². The Kier molecular flexibility index (Phi) is 4.67. The van der Waals surface area contributed by atoms with Gasteiger partial charge in [0.1, 0.15) is 0 Å². The average Bonchev–Trinajstić information content (AvgIpc) is 2.03. The Labute approximate surface area is 99.9 Å². The predicted molar refractivity (Wildman–Crippen MR) is 63.4 cm³/mol.